The molecule has 2 rings (SSSR count). The zero-order valence-corrected chi connectivity index (χ0v) is 21.9. The quantitative estimate of drug-likeness (QED) is 0.205. The SMILES string of the molecule is CC(CCOCP(=O)(O)OC(C(=O)OC(C)(C)C)C(=O)OC(C)(C)C)n1cnc2c(N)ncnc21. The van der Waals surface area contributed by atoms with Gasteiger partial charge in [-0.1, -0.05) is 0 Å². The molecule has 0 fully saturated rings. The number of carbonyl (C=O) groups is 2. The highest BCUT2D eigenvalue weighted by Gasteiger charge is 2.41. The van der Waals surface area contributed by atoms with Crippen LogP contribution in [0.3, 0.4) is 0 Å². The smallest absolute Gasteiger partial charge is 0.354 e. The molecule has 0 aliphatic rings. The number of fused-ring (bicyclic) bond motifs is 1. The second-order valence-electron chi connectivity index (χ2n) is 9.95. The molecule has 0 amide bonds. The first-order valence-corrected chi connectivity index (χ1v) is 12.7. The van der Waals surface area contributed by atoms with Gasteiger partial charge in [0.05, 0.1) is 6.33 Å². The summed E-state index contributed by atoms with van der Waals surface area (Å²) >= 11 is 0. The fourth-order valence-electron chi connectivity index (χ4n) is 2.85. The molecule has 0 aliphatic heterocycles. The molecule has 35 heavy (non-hydrogen) atoms. The van der Waals surface area contributed by atoms with Crippen LogP contribution >= 0.6 is 7.60 Å². The van der Waals surface area contributed by atoms with E-state index in [9.17, 15) is 19.0 Å². The average Bonchev–Trinajstić information content (AvgIpc) is 3.12. The van der Waals surface area contributed by atoms with Gasteiger partial charge in [0.2, 0.25) is 0 Å². The summed E-state index contributed by atoms with van der Waals surface area (Å²) in [6, 6.07) is -0.135. The Morgan fingerprint density at radius 3 is 2.20 bits per heavy atom. The first kappa shape index (κ1) is 28.6. The Bertz CT molecular complexity index is 1060. The van der Waals surface area contributed by atoms with Crippen molar-refractivity contribution in [1.82, 2.24) is 19.5 Å². The Balaban J connectivity index is 1.98. The number of nitrogens with two attached hydrogens (primary N) is 1. The molecule has 0 aromatic carbocycles. The summed E-state index contributed by atoms with van der Waals surface area (Å²) in [6.45, 7) is 11.5. The van der Waals surface area contributed by atoms with E-state index in [4.69, 9.17) is 24.5 Å². The summed E-state index contributed by atoms with van der Waals surface area (Å²) in [4.78, 5) is 47.5. The van der Waals surface area contributed by atoms with E-state index in [1.807, 2.05) is 6.92 Å². The predicted octanol–water partition coefficient (Wildman–Crippen LogP) is 2.59. The second kappa shape index (κ2) is 11.0. The molecule has 0 spiro atoms. The average molecular weight is 516 g/mol. The predicted molar refractivity (Wildman–Crippen MR) is 126 cm³/mol. The number of nitrogen functional groups attached to an aromatic ring is 1. The normalized spacial score (nSPS) is 15.1. The van der Waals surface area contributed by atoms with Crippen LogP contribution < -0.4 is 5.73 Å². The van der Waals surface area contributed by atoms with Crippen LogP contribution in [0.15, 0.2) is 12.7 Å². The Hall–Kier alpha value is -2.60. The molecule has 0 saturated carbocycles. The van der Waals surface area contributed by atoms with E-state index in [2.05, 4.69) is 15.0 Å². The van der Waals surface area contributed by atoms with E-state index in [1.165, 1.54) is 6.33 Å². The van der Waals surface area contributed by atoms with Crippen molar-refractivity contribution < 1.29 is 37.8 Å². The minimum Gasteiger partial charge on any atom is -0.458 e. The van der Waals surface area contributed by atoms with Crippen LogP contribution in [0.25, 0.3) is 11.2 Å². The van der Waals surface area contributed by atoms with Crippen LogP contribution in [0.5, 0.6) is 0 Å². The molecule has 0 bridgehead atoms. The third-order valence-corrected chi connectivity index (χ3v) is 5.36. The van der Waals surface area contributed by atoms with Crippen molar-refractivity contribution >= 4 is 36.5 Å². The molecule has 0 saturated heterocycles. The van der Waals surface area contributed by atoms with Gasteiger partial charge in [-0.3, -0.25) is 9.09 Å². The maximum absolute atomic E-state index is 12.6. The molecule has 2 unspecified atom stereocenters. The Morgan fingerprint density at radius 2 is 1.66 bits per heavy atom. The van der Waals surface area contributed by atoms with E-state index in [0.29, 0.717) is 17.6 Å². The van der Waals surface area contributed by atoms with Gasteiger partial charge in [0, 0.05) is 12.6 Å². The summed E-state index contributed by atoms with van der Waals surface area (Å²) in [5.41, 5.74) is 4.91. The van der Waals surface area contributed by atoms with Crippen molar-refractivity contribution in [2.45, 2.75) is 78.2 Å². The number of hydrogen-bond acceptors (Lipinski definition) is 11. The minimum atomic E-state index is -4.53. The van der Waals surface area contributed by atoms with Gasteiger partial charge in [-0.25, -0.2) is 24.5 Å². The van der Waals surface area contributed by atoms with Gasteiger partial charge in [0.15, 0.2) is 11.5 Å². The Kier molecular flexibility index (Phi) is 8.99. The number of imidazole rings is 1. The minimum absolute atomic E-state index is 0.0683. The summed E-state index contributed by atoms with van der Waals surface area (Å²) in [6.07, 6.45) is 0.546. The van der Waals surface area contributed by atoms with Crippen molar-refractivity contribution in [3.63, 3.8) is 0 Å². The van der Waals surface area contributed by atoms with Gasteiger partial charge in [-0.15, -0.1) is 0 Å². The lowest BCUT2D eigenvalue weighted by Crippen LogP contribution is -2.42. The van der Waals surface area contributed by atoms with Crippen LogP contribution in [-0.2, 0) is 32.9 Å². The first-order chi connectivity index (χ1) is 16.0. The number of hydrogen-bond donors (Lipinski definition) is 2. The lowest BCUT2D eigenvalue weighted by Gasteiger charge is -2.27. The number of rotatable bonds is 10. The van der Waals surface area contributed by atoms with Gasteiger partial charge in [0.25, 0.3) is 6.10 Å². The lowest BCUT2D eigenvalue weighted by molar-refractivity contribution is -0.179. The molecular formula is C21H34N5O8P. The third-order valence-electron chi connectivity index (χ3n) is 4.31. The fraction of sp³-hybridized carbons (Fsp3) is 0.667. The highest BCUT2D eigenvalue weighted by Crippen LogP contribution is 2.44. The third kappa shape index (κ3) is 8.84. The van der Waals surface area contributed by atoms with Crippen LogP contribution in [0.4, 0.5) is 5.82 Å². The topological polar surface area (TPSA) is 178 Å². The van der Waals surface area contributed by atoms with Crippen molar-refractivity contribution in [2.75, 3.05) is 18.7 Å². The van der Waals surface area contributed by atoms with Crippen molar-refractivity contribution in [3.05, 3.63) is 12.7 Å². The molecule has 196 valence electrons. The zero-order valence-electron chi connectivity index (χ0n) is 21.0. The molecule has 3 N–H and O–H groups in total. The van der Waals surface area contributed by atoms with Crippen LogP contribution in [0.2, 0.25) is 0 Å². The monoisotopic (exact) mass is 515 g/mol. The highest BCUT2D eigenvalue weighted by atomic mass is 31.2. The van der Waals surface area contributed by atoms with Gasteiger partial charge >= 0.3 is 19.5 Å². The van der Waals surface area contributed by atoms with Gasteiger partial charge < -0.3 is 29.4 Å². The number of nitrogens with zero attached hydrogens (tertiary/aromatic N) is 4. The molecule has 13 nitrogen and oxygen atoms in total. The summed E-state index contributed by atoms with van der Waals surface area (Å²) in [5.74, 6) is -2.01. The lowest BCUT2D eigenvalue weighted by atomic mass is 10.2. The maximum atomic E-state index is 12.6. The largest absolute Gasteiger partial charge is 0.458 e. The molecule has 0 aliphatic carbocycles. The number of aromatic nitrogens is 4. The summed E-state index contributed by atoms with van der Waals surface area (Å²) < 4.78 is 35.0. The van der Waals surface area contributed by atoms with Crippen molar-refractivity contribution in [1.29, 1.82) is 0 Å². The molecule has 2 atom stereocenters. The number of esters is 2. The van der Waals surface area contributed by atoms with Crippen LogP contribution in [-0.4, -0.2) is 66.6 Å². The van der Waals surface area contributed by atoms with E-state index < -0.39 is 43.2 Å². The zero-order chi connectivity index (χ0) is 26.6. The second-order valence-corrected chi connectivity index (χ2v) is 11.7. The van der Waals surface area contributed by atoms with E-state index >= 15 is 0 Å². The maximum Gasteiger partial charge on any atom is 0.354 e. The van der Waals surface area contributed by atoms with E-state index in [0.717, 1.165) is 0 Å². The van der Waals surface area contributed by atoms with Gasteiger partial charge in [0.1, 0.15) is 29.4 Å². The number of anilines is 1. The first-order valence-electron chi connectivity index (χ1n) is 11.0. The highest BCUT2D eigenvalue weighted by molar-refractivity contribution is 7.52. The Labute approximate surface area is 203 Å². The number of carbonyl (C=O) groups excluding carboxylic acids is 2. The van der Waals surface area contributed by atoms with E-state index in [1.54, 1.807) is 52.4 Å². The molecule has 2 aromatic heterocycles. The van der Waals surface area contributed by atoms with Crippen molar-refractivity contribution in [2.24, 2.45) is 0 Å². The summed E-state index contributed by atoms with van der Waals surface area (Å²) in [5, 5.41) is 0. The molecular weight excluding hydrogens is 481 g/mol. The van der Waals surface area contributed by atoms with E-state index in [-0.39, 0.29) is 18.5 Å². The molecule has 2 heterocycles. The van der Waals surface area contributed by atoms with Crippen molar-refractivity contribution in [3.8, 4) is 0 Å². The Morgan fingerprint density at radius 1 is 1.09 bits per heavy atom. The van der Waals surface area contributed by atoms with Gasteiger partial charge in [-0.05, 0) is 54.9 Å². The van der Waals surface area contributed by atoms with Crippen LogP contribution in [0.1, 0.15) is 60.9 Å². The molecule has 0 radical (unpaired) electrons. The van der Waals surface area contributed by atoms with Crippen LogP contribution in [0, 0.1) is 0 Å². The molecule has 2 aromatic rings. The standard InChI is InChI=1S/C21H34N5O8P/c1-13(26-11-25-14-16(22)23-10-24-17(14)26)8-9-31-12-35(29,30)34-15(18(27)32-20(2,3)4)19(28)33-21(5,6)7/h10-11,13,15H,8-9,12H2,1-7H3,(H,29,30)(H2,22,23,24). The number of ether oxygens (including phenoxy) is 3. The van der Waals surface area contributed by atoms with Gasteiger partial charge in [-0.2, -0.15) is 0 Å². The summed E-state index contributed by atoms with van der Waals surface area (Å²) in [7, 11) is -4.53. The fourth-order valence-corrected chi connectivity index (χ4v) is 3.78. The molecule has 14 heteroatoms.